The molecule has 0 bridgehead atoms. The van der Waals surface area contributed by atoms with E-state index in [0.29, 0.717) is 12.2 Å². The highest BCUT2D eigenvalue weighted by Gasteiger charge is 2.10. The van der Waals surface area contributed by atoms with Crippen molar-refractivity contribution in [2.45, 2.75) is 13.3 Å². The third kappa shape index (κ3) is 1.86. The smallest absolute Gasteiger partial charge is 0.340 e. The first-order valence-electron chi connectivity index (χ1n) is 5.06. The molecule has 3 heteroatoms. The summed E-state index contributed by atoms with van der Waals surface area (Å²) < 4.78 is 5.10. The second kappa shape index (κ2) is 4.17. The molecule has 15 heavy (non-hydrogen) atoms. The fourth-order valence-corrected chi connectivity index (χ4v) is 1.53. The first-order chi connectivity index (χ1) is 7.33. The summed E-state index contributed by atoms with van der Waals surface area (Å²) in [4.78, 5) is 14.7. The van der Waals surface area contributed by atoms with Gasteiger partial charge >= 0.3 is 5.97 Å². The molecule has 0 radical (unpaired) electrons. The van der Waals surface area contributed by atoms with Gasteiger partial charge in [0, 0.05) is 11.6 Å². The number of carbonyl (C=O) groups excluding carboxylic acids is 1. The largest absolute Gasteiger partial charge is 0.462 e. The Labute approximate surface area is 88.1 Å². The van der Waals surface area contributed by atoms with Crippen LogP contribution in [0.3, 0.4) is 0 Å². The highest BCUT2D eigenvalue weighted by molar-refractivity contribution is 6.02. The lowest BCUT2D eigenvalue weighted by atomic mass is 10.1. The van der Waals surface area contributed by atoms with Crippen molar-refractivity contribution in [3.05, 3.63) is 36.0 Å². The molecule has 1 aromatic carbocycles. The molecule has 0 aliphatic rings. The van der Waals surface area contributed by atoms with Crippen molar-refractivity contribution < 1.29 is 9.53 Å². The van der Waals surface area contributed by atoms with Crippen LogP contribution in [0.2, 0.25) is 0 Å². The molecule has 0 saturated carbocycles. The number of fused-ring (bicyclic) bond motifs is 1. The van der Waals surface area contributed by atoms with Gasteiger partial charge in [-0.25, -0.2) is 4.79 Å². The van der Waals surface area contributed by atoms with E-state index in [-0.39, 0.29) is 5.97 Å². The number of aromatic amines is 1. The maximum atomic E-state index is 11.7. The van der Waals surface area contributed by atoms with Gasteiger partial charge in [0.1, 0.15) is 0 Å². The zero-order chi connectivity index (χ0) is 10.7. The number of ether oxygens (including phenoxy) is 1. The normalized spacial score (nSPS) is 10.5. The maximum absolute atomic E-state index is 11.7. The van der Waals surface area contributed by atoms with Crippen molar-refractivity contribution in [3.63, 3.8) is 0 Å². The summed E-state index contributed by atoms with van der Waals surface area (Å²) in [6, 6.07) is 7.53. The molecule has 1 N–H and O–H groups in total. The lowest BCUT2D eigenvalue weighted by Gasteiger charge is -2.03. The van der Waals surface area contributed by atoms with Gasteiger partial charge in [0.2, 0.25) is 0 Å². The van der Waals surface area contributed by atoms with Crippen LogP contribution >= 0.6 is 0 Å². The molecule has 0 aliphatic carbocycles. The van der Waals surface area contributed by atoms with Crippen LogP contribution in [0.15, 0.2) is 30.5 Å². The predicted molar refractivity (Wildman–Crippen MR) is 58.9 cm³/mol. The van der Waals surface area contributed by atoms with Gasteiger partial charge < -0.3 is 9.72 Å². The summed E-state index contributed by atoms with van der Waals surface area (Å²) in [5.74, 6) is -0.259. The lowest BCUT2D eigenvalue weighted by molar-refractivity contribution is 0.0507. The molecule has 0 fully saturated rings. The van der Waals surface area contributed by atoms with Gasteiger partial charge in [0.05, 0.1) is 17.7 Å². The van der Waals surface area contributed by atoms with Gasteiger partial charge in [0.15, 0.2) is 0 Å². The van der Waals surface area contributed by atoms with Gasteiger partial charge in [0.25, 0.3) is 0 Å². The molecule has 2 rings (SSSR count). The number of hydrogen-bond donors (Lipinski definition) is 1. The number of hydrogen-bond acceptors (Lipinski definition) is 2. The fraction of sp³-hybridized carbons (Fsp3) is 0.250. The Bertz CT molecular complexity index is 473. The minimum absolute atomic E-state index is 0.259. The van der Waals surface area contributed by atoms with Crippen molar-refractivity contribution in [3.8, 4) is 0 Å². The molecular weight excluding hydrogens is 190 g/mol. The van der Waals surface area contributed by atoms with Crippen molar-refractivity contribution in [2.24, 2.45) is 0 Å². The molecule has 0 atom stereocenters. The van der Waals surface area contributed by atoms with Crippen LogP contribution in [-0.4, -0.2) is 17.6 Å². The van der Waals surface area contributed by atoms with E-state index in [2.05, 4.69) is 4.98 Å². The van der Waals surface area contributed by atoms with Crippen LogP contribution in [0.5, 0.6) is 0 Å². The molecule has 0 unspecified atom stereocenters. The van der Waals surface area contributed by atoms with Gasteiger partial charge in [-0.05, 0) is 18.6 Å². The minimum atomic E-state index is -0.259. The van der Waals surface area contributed by atoms with E-state index in [9.17, 15) is 4.79 Å². The van der Waals surface area contributed by atoms with Crippen LogP contribution in [0.4, 0.5) is 0 Å². The lowest BCUT2D eigenvalue weighted by Crippen LogP contribution is -2.06. The average Bonchev–Trinajstić information content (AvgIpc) is 2.73. The van der Waals surface area contributed by atoms with Gasteiger partial charge in [-0.15, -0.1) is 0 Å². The van der Waals surface area contributed by atoms with E-state index >= 15 is 0 Å². The van der Waals surface area contributed by atoms with E-state index in [4.69, 9.17) is 4.74 Å². The van der Waals surface area contributed by atoms with Crippen molar-refractivity contribution >= 4 is 16.9 Å². The van der Waals surface area contributed by atoms with E-state index in [0.717, 1.165) is 17.3 Å². The molecule has 0 aliphatic heterocycles. The Kier molecular flexibility index (Phi) is 2.72. The van der Waals surface area contributed by atoms with Crippen molar-refractivity contribution in [2.75, 3.05) is 6.61 Å². The Balaban J connectivity index is 2.34. The van der Waals surface area contributed by atoms with Gasteiger partial charge in [-0.1, -0.05) is 19.1 Å². The number of carbonyl (C=O) groups is 1. The minimum Gasteiger partial charge on any atom is -0.462 e. The first kappa shape index (κ1) is 9.77. The second-order valence-electron chi connectivity index (χ2n) is 3.38. The number of esters is 1. The summed E-state index contributed by atoms with van der Waals surface area (Å²) in [5, 5.41) is 1.03. The van der Waals surface area contributed by atoms with Crippen LogP contribution in [0.1, 0.15) is 23.7 Å². The van der Waals surface area contributed by atoms with Crippen molar-refractivity contribution in [1.29, 1.82) is 0 Å². The molecule has 3 nitrogen and oxygen atoms in total. The second-order valence-corrected chi connectivity index (χ2v) is 3.38. The Morgan fingerprint density at radius 1 is 1.40 bits per heavy atom. The zero-order valence-corrected chi connectivity index (χ0v) is 8.62. The molecule has 0 spiro atoms. The monoisotopic (exact) mass is 203 g/mol. The predicted octanol–water partition coefficient (Wildman–Crippen LogP) is 2.73. The highest BCUT2D eigenvalue weighted by Crippen LogP contribution is 2.17. The fourth-order valence-electron chi connectivity index (χ4n) is 1.53. The number of aromatic nitrogens is 1. The zero-order valence-electron chi connectivity index (χ0n) is 8.62. The van der Waals surface area contributed by atoms with Gasteiger partial charge in [-0.2, -0.15) is 0 Å². The topological polar surface area (TPSA) is 42.1 Å². The molecule has 1 heterocycles. The standard InChI is InChI=1S/C12H13NO2/c1-2-8-15-12(14)10-5-3-4-9-6-7-13-11(9)10/h3-7,13H,2,8H2,1H3. The number of benzene rings is 1. The van der Waals surface area contributed by atoms with E-state index in [1.54, 1.807) is 6.07 Å². The van der Waals surface area contributed by atoms with Crippen molar-refractivity contribution in [1.82, 2.24) is 4.98 Å². The quantitative estimate of drug-likeness (QED) is 0.779. The Morgan fingerprint density at radius 2 is 2.27 bits per heavy atom. The summed E-state index contributed by atoms with van der Waals surface area (Å²) in [6.07, 6.45) is 2.66. The maximum Gasteiger partial charge on any atom is 0.340 e. The summed E-state index contributed by atoms with van der Waals surface area (Å²) >= 11 is 0. The van der Waals surface area contributed by atoms with Crippen LogP contribution in [0.25, 0.3) is 10.9 Å². The molecular formula is C12H13NO2. The molecule has 0 saturated heterocycles. The number of nitrogens with one attached hydrogen (secondary N) is 1. The highest BCUT2D eigenvalue weighted by atomic mass is 16.5. The Hall–Kier alpha value is -1.77. The summed E-state index contributed by atoms with van der Waals surface area (Å²) in [6.45, 7) is 2.44. The van der Waals surface area contributed by atoms with Crippen LogP contribution in [-0.2, 0) is 4.74 Å². The summed E-state index contributed by atoms with van der Waals surface area (Å²) in [5.41, 5.74) is 1.45. The van der Waals surface area contributed by atoms with E-state index in [1.807, 2.05) is 31.3 Å². The van der Waals surface area contributed by atoms with E-state index < -0.39 is 0 Å². The first-order valence-corrected chi connectivity index (χ1v) is 5.06. The van der Waals surface area contributed by atoms with Gasteiger partial charge in [-0.3, -0.25) is 0 Å². The Morgan fingerprint density at radius 3 is 3.07 bits per heavy atom. The average molecular weight is 203 g/mol. The summed E-state index contributed by atoms with van der Waals surface area (Å²) in [7, 11) is 0. The molecule has 0 amide bonds. The molecule has 78 valence electrons. The third-order valence-corrected chi connectivity index (χ3v) is 2.24. The number of H-pyrrole nitrogens is 1. The van der Waals surface area contributed by atoms with Crippen LogP contribution < -0.4 is 0 Å². The molecule has 1 aromatic heterocycles. The SMILES string of the molecule is CCCOC(=O)c1cccc2cc[nH]c12. The van der Waals surface area contributed by atoms with Crippen LogP contribution in [0, 0.1) is 0 Å². The number of rotatable bonds is 3. The molecule has 2 aromatic rings. The van der Waals surface area contributed by atoms with E-state index in [1.165, 1.54) is 0 Å². The third-order valence-electron chi connectivity index (χ3n) is 2.24. The number of para-hydroxylation sites is 1.